The number of hydrogen-bond donors (Lipinski definition) is 1. The molecule has 94 valence electrons. The standard InChI is InChI=1S/C12H14Br2INO/c13-6-2-1-3-7-16-12(17)10-8-9(14)4-5-11(10)15/h4-5,8H,1-3,6-7H2,(H,16,17). The van der Waals surface area contributed by atoms with Crippen LogP contribution in [0.2, 0.25) is 0 Å². The Morgan fingerprint density at radius 1 is 1.29 bits per heavy atom. The molecule has 0 spiro atoms. The van der Waals surface area contributed by atoms with Crippen molar-refractivity contribution in [3.63, 3.8) is 0 Å². The van der Waals surface area contributed by atoms with Gasteiger partial charge in [-0.1, -0.05) is 38.3 Å². The van der Waals surface area contributed by atoms with Crippen LogP contribution in [0.4, 0.5) is 0 Å². The van der Waals surface area contributed by atoms with Crippen LogP contribution in [0.15, 0.2) is 22.7 Å². The van der Waals surface area contributed by atoms with Gasteiger partial charge in [0.05, 0.1) is 5.56 Å². The van der Waals surface area contributed by atoms with E-state index in [0.29, 0.717) is 0 Å². The smallest absolute Gasteiger partial charge is 0.252 e. The summed E-state index contributed by atoms with van der Waals surface area (Å²) in [5.74, 6) is 0.00884. The summed E-state index contributed by atoms with van der Waals surface area (Å²) in [6, 6.07) is 5.73. The maximum atomic E-state index is 11.9. The number of nitrogens with one attached hydrogen (secondary N) is 1. The van der Waals surface area contributed by atoms with Gasteiger partial charge in [0, 0.05) is 19.9 Å². The average Bonchev–Trinajstić information content (AvgIpc) is 2.32. The summed E-state index contributed by atoms with van der Waals surface area (Å²) in [4.78, 5) is 11.9. The lowest BCUT2D eigenvalue weighted by atomic mass is 10.2. The van der Waals surface area contributed by atoms with Crippen LogP contribution in [0.5, 0.6) is 0 Å². The van der Waals surface area contributed by atoms with Gasteiger partial charge in [-0.15, -0.1) is 0 Å². The van der Waals surface area contributed by atoms with Crippen LogP contribution < -0.4 is 5.32 Å². The zero-order chi connectivity index (χ0) is 12.7. The Morgan fingerprint density at radius 3 is 2.76 bits per heavy atom. The van der Waals surface area contributed by atoms with Crippen molar-refractivity contribution in [3.8, 4) is 0 Å². The van der Waals surface area contributed by atoms with Gasteiger partial charge < -0.3 is 5.32 Å². The molecule has 0 saturated heterocycles. The minimum Gasteiger partial charge on any atom is -0.352 e. The van der Waals surface area contributed by atoms with Gasteiger partial charge in [0.2, 0.25) is 0 Å². The number of carbonyl (C=O) groups is 1. The van der Waals surface area contributed by atoms with Crippen molar-refractivity contribution in [1.82, 2.24) is 5.32 Å². The lowest BCUT2D eigenvalue weighted by Gasteiger charge is -2.07. The highest BCUT2D eigenvalue weighted by molar-refractivity contribution is 14.1. The first-order valence-electron chi connectivity index (χ1n) is 5.44. The Morgan fingerprint density at radius 2 is 2.06 bits per heavy atom. The monoisotopic (exact) mass is 473 g/mol. The number of rotatable bonds is 6. The van der Waals surface area contributed by atoms with E-state index >= 15 is 0 Å². The molecule has 0 bridgehead atoms. The third-order valence-corrected chi connectivity index (χ3v) is 4.26. The molecule has 0 atom stereocenters. The molecule has 0 fully saturated rings. The first-order valence-corrected chi connectivity index (χ1v) is 8.43. The van der Waals surface area contributed by atoms with Gasteiger partial charge in [0.1, 0.15) is 0 Å². The van der Waals surface area contributed by atoms with Gasteiger partial charge >= 0.3 is 0 Å². The molecular formula is C12H14Br2INO. The van der Waals surface area contributed by atoms with Gasteiger partial charge in [-0.3, -0.25) is 4.79 Å². The molecule has 17 heavy (non-hydrogen) atoms. The van der Waals surface area contributed by atoms with Crippen LogP contribution in [0, 0.1) is 3.57 Å². The van der Waals surface area contributed by atoms with Crippen molar-refractivity contribution in [2.75, 3.05) is 11.9 Å². The minimum atomic E-state index is 0.00884. The molecule has 1 aromatic carbocycles. The van der Waals surface area contributed by atoms with E-state index in [-0.39, 0.29) is 5.91 Å². The molecule has 5 heteroatoms. The Labute approximate surface area is 132 Å². The summed E-state index contributed by atoms with van der Waals surface area (Å²) in [6.07, 6.45) is 3.33. The van der Waals surface area contributed by atoms with E-state index in [9.17, 15) is 4.79 Å². The maximum Gasteiger partial charge on any atom is 0.252 e. The van der Waals surface area contributed by atoms with Crippen molar-refractivity contribution in [1.29, 1.82) is 0 Å². The highest BCUT2D eigenvalue weighted by atomic mass is 127. The SMILES string of the molecule is O=C(NCCCCCBr)c1cc(Br)ccc1I. The normalized spacial score (nSPS) is 10.3. The summed E-state index contributed by atoms with van der Waals surface area (Å²) < 4.78 is 1.91. The molecule has 2 nitrogen and oxygen atoms in total. The lowest BCUT2D eigenvalue weighted by molar-refractivity contribution is 0.0952. The van der Waals surface area contributed by atoms with E-state index < -0.39 is 0 Å². The number of carbonyl (C=O) groups excluding carboxylic acids is 1. The van der Waals surface area contributed by atoms with E-state index in [4.69, 9.17) is 0 Å². The minimum absolute atomic E-state index is 0.00884. The first-order chi connectivity index (χ1) is 8.15. The van der Waals surface area contributed by atoms with Gasteiger partial charge in [0.15, 0.2) is 0 Å². The molecular weight excluding hydrogens is 461 g/mol. The lowest BCUT2D eigenvalue weighted by Crippen LogP contribution is -2.25. The molecule has 0 aliphatic carbocycles. The molecule has 0 aliphatic rings. The number of halogens is 3. The number of amides is 1. The highest BCUT2D eigenvalue weighted by Crippen LogP contribution is 2.18. The predicted octanol–water partition coefficient (Wildman–Crippen LogP) is 4.35. The van der Waals surface area contributed by atoms with E-state index in [1.165, 1.54) is 0 Å². The number of hydrogen-bond acceptors (Lipinski definition) is 1. The van der Waals surface area contributed by atoms with E-state index in [1.807, 2.05) is 18.2 Å². The topological polar surface area (TPSA) is 29.1 Å². The Hall–Kier alpha value is 0.380. The summed E-state index contributed by atoms with van der Waals surface area (Å²) in [7, 11) is 0. The quantitative estimate of drug-likeness (QED) is 0.371. The fourth-order valence-corrected chi connectivity index (χ4v) is 2.70. The van der Waals surface area contributed by atoms with Gasteiger partial charge in [0.25, 0.3) is 5.91 Å². The second kappa shape index (κ2) is 8.48. The van der Waals surface area contributed by atoms with Crippen molar-refractivity contribution in [2.24, 2.45) is 0 Å². The molecule has 1 N–H and O–H groups in total. The summed E-state index contributed by atoms with van der Waals surface area (Å²) in [5, 5.41) is 3.98. The Kier molecular flexibility index (Phi) is 7.70. The Bertz CT molecular complexity index is 385. The highest BCUT2D eigenvalue weighted by Gasteiger charge is 2.09. The third-order valence-electron chi connectivity index (χ3n) is 2.27. The van der Waals surface area contributed by atoms with Crippen LogP contribution in [0.3, 0.4) is 0 Å². The van der Waals surface area contributed by atoms with Gasteiger partial charge in [-0.05, 0) is 53.6 Å². The van der Waals surface area contributed by atoms with Crippen LogP contribution in [0.25, 0.3) is 0 Å². The van der Waals surface area contributed by atoms with E-state index in [0.717, 1.165) is 44.7 Å². The zero-order valence-corrected chi connectivity index (χ0v) is 14.6. The van der Waals surface area contributed by atoms with Crippen molar-refractivity contribution < 1.29 is 4.79 Å². The molecule has 1 aromatic rings. The fraction of sp³-hybridized carbons (Fsp3) is 0.417. The number of benzene rings is 1. The maximum absolute atomic E-state index is 11.9. The van der Waals surface area contributed by atoms with Crippen LogP contribution in [-0.2, 0) is 0 Å². The summed E-state index contributed by atoms with van der Waals surface area (Å²) in [6.45, 7) is 0.744. The Balaban J connectivity index is 2.44. The van der Waals surface area contributed by atoms with Crippen molar-refractivity contribution >= 4 is 60.4 Å². The second-order valence-electron chi connectivity index (χ2n) is 3.63. The molecule has 1 rings (SSSR count). The summed E-state index contributed by atoms with van der Waals surface area (Å²) >= 11 is 8.95. The van der Waals surface area contributed by atoms with E-state index in [1.54, 1.807) is 0 Å². The zero-order valence-electron chi connectivity index (χ0n) is 9.31. The summed E-state index contributed by atoms with van der Waals surface area (Å²) in [5.41, 5.74) is 0.737. The molecule has 0 unspecified atom stereocenters. The predicted molar refractivity (Wildman–Crippen MR) is 86.8 cm³/mol. The molecule has 1 amide bonds. The second-order valence-corrected chi connectivity index (χ2v) is 6.50. The molecule has 0 heterocycles. The molecule has 0 saturated carbocycles. The number of alkyl halides is 1. The van der Waals surface area contributed by atoms with Crippen LogP contribution >= 0.6 is 54.5 Å². The molecule has 0 radical (unpaired) electrons. The third kappa shape index (κ3) is 5.70. The van der Waals surface area contributed by atoms with Crippen molar-refractivity contribution in [2.45, 2.75) is 19.3 Å². The average molecular weight is 475 g/mol. The van der Waals surface area contributed by atoms with E-state index in [2.05, 4.69) is 59.8 Å². The number of unbranched alkanes of at least 4 members (excludes halogenated alkanes) is 2. The molecule has 0 aliphatic heterocycles. The molecule has 0 aromatic heterocycles. The first kappa shape index (κ1) is 15.4. The van der Waals surface area contributed by atoms with Crippen LogP contribution in [0.1, 0.15) is 29.6 Å². The van der Waals surface area contributed by atoms with Crippen molar-refractivity contribution in [3.05, 3.63) is 31.8 Å². The van der Waals surface area contributed by atoms with Gasteiger partial charge in [-0.25, -0.2) is 0 Å². The van der Waals surface area contributed by atoms with Gasteiger partial charge in [-0.2, -0.15) is 0 Å². The largest absolute Gasteiger partial charge is 0.352 e. The van der Waals surface area contributed by atoms with Crippen LogP contribution in [-0.4, -0.2) is 17.8 Å². The fourth-order valence-electron chi connectivity index (χ4n) is 1.36.